The van der Waals surface area contributed by atoms with Crippen LogP contribution >= 0.6 is 0 Å². The molecule has 0 aromatic heterocycles. The molecule has 2 amide bonds. The van der Waals surface area contributed by atoms with Gasteiger partial charge >= 0.3 is 0 Å². The van der Waals surface area contributed by atoms with E-state index in [9.17, 15) is 9.59 Å². The Balaban J connectivity index is 2.43. The van der Waals surface area contributed by atoms with Gasteiger partial charge in [0.25, 0.3) is 0 Å². The average molecular weight is 254 g/mol. The summed E-state index contributed by atoms with van der Waals surface area (Å²) in [7, 11) is 0. The number of nitrogens with zero attached hydrogens (tertiary/aromatic N) is 2. The molecule has 0 N–H and O–H groups in total. The Bertz CT molecular complexity index is 284. The van der Waals surface area contributed by atoms with Crippen molar-refractivity contribution in [3.05, 3.63) is 0 Å². The Morgan fingerprint density at radius 3 is 2.28 bits per heavy atom. The van der Waals surface area contributed by atoms with E-state index in [0.29, 0.717) is 12.5 Å². The summed E-state index contributed by atoms with van der Waals surface area (Å²) in [6.45, 7) is 8.46. The Labute approximate surface area is 110 Å². The number of piperidine rings is 1. The molecule has 0 aromatic carbocycles. The molecule has 18 heavy (non-hydrogen) atoms. The van der Waals surface area contributed by atoms with Crippen LogP contribution in [0.2, 0.25) is 0 Å². The lowest BCUT2D eigenvalue weighted by atomic mass is 10.1. The highest BCUT2D eigenvalue weighted by molar-refractivity contribution is 5.83. The number of rotatable bonds is 5. The van der Waals surface area contributed by atoms with Gasteiger partial charge in [-0.1, -0.05) is 13.8 Å². The maximum absolute atomic E-state index is 12.1. The first-order valence-corrected chi connectivity index (χ1v) is 7.04. The second kappa shape index (κ2) is 7.39. The summed E-state index contributed by atoms with van der Waals surface area (Å²) in [4.78, 5) is 27.2. The number of carbonyl (C=O) groups excluding carboxylic acids is 2. The number of hydrogen-bond donors (Lipinski definition) is 0. The van der Waals surface area contributed by atoms with E-state index in [2.05, 4.69) is 13.8 Å². The van der Waals surface area contributed by atoms with Crippen molar-refractivity contribution in [2.24, 2.45) is 5.92 Å². The van der Waals surface area contributed by atoms with Crippen LogP contribution in [0.3, 0.4) is 0 Å². The first-order valence-electron chi connectivity index (χ1n) is 7.04. The zero-order chi connectivity index (χ0) is 13.5. The first kappa shape index (κ1) is 15.0. The standard InChI is InChI=1S/C14H26N2O2/c1-12(2)7-10-16(13(3)17)11-14(18)15-8-5-4-6-9-15/h12H,4-11H2,1-3H3. The molecule has 0 bridgehead atoms. The Kier molecular flexibility index (Phi) is 6.16. The summed E-state index contributed by atoms with van der Waals surface area (Å²) in [5, 5.41) is 0. The molecule has 0 radical (unpaired) electrons. The minimum absolute atomic E-state index is 0.000935. The van der Waals surface area contributed by atoms with Gasteiger partial charge in [-0.15, -0.1) is 0 Å². The van der Waals surface area contributed by atoms with Gasteiger partial charge in [-0.2, -0.15) is 0 Å². The molecule has 0 aliphatic carbocycles. The minimum Gasteiger partial charge on any atom is -0.341 e. The minimum atomic E-state index is 0.000935. The second-order valence-electron chi connectivity index (χ2n) is 5.56. The van der Waals surface area contributed by atoms with Crippen molar-refractivity contribution in [2.75, 3.05) is 26.2 Å². The molecule has 1 aliphatic heterocycles. The molecular formula is C14H26N2O2. The summed E-state index contributed by atoms with van der Waals surface area (Å²) in [5.74, 6) is 0.659. The van der Waals surface area contributed by atoms with Crippen molar-refractivity contribution in [3.8, 4) is 0 Å². The van der Waals surface area contributed by atoms with Gasteiger partial charge in [-0.25, -0.2) is 0 Å². The quantitative estimate of drug-likeness (QED) is 0.752. The predicted molar refractivity (Wildman–Crippen MR) is 72.1 cm³/mol. The lowest BCUT2D eigenvalue weighted by Gasteiger charge is -2.30. The van der Waals surface area contributed by atoms with Gasteiger partial charge in [0.15, 0.2) is 0 Å². The zero-order valence-corrected chi connectivity index (χ0v) is 11.9. The van der Waals surface area contributed by atoms with E-state index in [4.69, 9.17) is 0 Å². The van der Waals surface area contributed by atoms with Crippen molar-refractivity contribution >= 4 is 11.8 Å². The third-order valence-electron chi connectivity index (χ3n) is 3.46. The van der Waals surface area contributed by atoms with Gasteiger partial charge in [0.1, 0.15) is 0 Å². The molecule has 4 heteroatoms. The van der Waals surface area contributed by atoms with E-state index in [0.717, 1.165) is 32.4 Å². The molecule has 0 aromatic rings. The lowest BCUT2D eigenvalue weighted by Crippen LogP contribution is -2.44. The van der Waals surface area contributed by atoms with Crippen LogP contribution in [0.1, 0.15) is 46.5 Å². The predicted octanol–water partition coefficient (Wildman–Crippen LogP) is 1.89. The van der Waals surface area contributed by atoms with E-state index in [1.54, 1.807) is 11.8 Å². The van der Waals surface area contributed by atoms with E-state index >= 15 is 0 Å². The van der Waals surface area contributed by atoms with Crippen molar-refractivity contribution < 1.29 is 9.59 Å². The normalized spacial score (nSPS) is 15.9. The summed E-state index contributed by atoms with van der Waals surface area (Å²) in [6.07, 6.45) is 4.36. The molecular weight excluding hydrogens is 228 g/mol. The highest BCUT2D eigenvalue weighted by Crippen LogP contribution is 2.10. The largest absolute Gasteiger partial charge is 0.341 e. The summed E-state index contributed by atoms with van der Waals surface area (Å²) in [6, 6.07) is 0. The lowest BCUT2D eigenvalue weighted by molar-refractivity contribution is -0.140. The fraction of sp³-hybridized carbons (Fsp3) is 0.857. The molecule has 1 rings (SSSR count). The van der Waals surface area contributed by atoms with Crippen LogP contribution < -0.4 is 0 Å². The fourth-order valence-corrected chi connectivity index (χ4v) is 2.17. The summed E-state index contributed by atoms with van der Waals surface area (Å²) < 4.78 is 0. The topological polar surface area (TPSA) is 40.6 Å². The van der Waals surface area contributed by atoms with Crippen molar-refractivity contribution in [1.29, 1.82) is 0 Å². The van der Waals surface area contributed by atoms with E-state index in [-0.39, 0.29) is 18.4 Å². The van der Waals surface area contributed by atoms with Crippen LogP contribution in [0, 0.1) is 5.92 Å². The van der Waals surface area contributed by atoms with Gasteiger partial charge in [0.2, 0.25) is 11.8 Å². The van der Waals surface area contributed by atoms with Crippen LogP contribution in [0.4, 0.5) is 0 Å². The third-order valence-corrected chi connectivity index (χ3v) is 3.46. The maximum atomic E-state index is 12.1. The molecule has 104 valence electrons. The highest BCUT2D eigenvalue weighted by atomic mass is 16.2. The van der Waals surface area contributed by atoms with Crippen LogP contribution in [0.25, 0.3) is 0 Å². The molecule has 1 fully saturated rings. The highest BCUT2D eigenvalue weighted by Gasteiger charge is 2.20. The van der Waals surface area contributed by atoms with E-state index in [1.165, 1.54) is 6.42 Å². The van der Waals surface area contributed by atoms with Crippen LogP contribution in [-0.2, 0) is 9.59 Å². The molecule has 1 heterocycles. The van der Waals surface area contributed by atoms with Crippen LogP contribution in [0.15, 0.2) is 0 Å². The maximum Gasteiger partial charge on any atom is 0.242 e. The van der Waals surface area contributed by atoms with Crippen molar-refractivity contribution in [2.45, 2.75) is 46.5 Å². The molecule has 0 atom stereocenters. The monoisotopic (exact) mass is 254 g/mol. The van der Waals surface area contributed by atoms with Gasteiger partial charge in [0.05, 0.1) is 6.54 Å². The molecule has 0 spiro atoms. The second-order valence-corrected chi connectivity index (χ2v) is 5.56. The van der Waals surface area contributed by atoms with Gasteiger partial charge in [-0.05, 0) is 31.6 Å². The molecule has 4 nitrogen and oxygen atoms in total. The summed E-state index contributed by atoms with van der Waals surface area (Å²) >= 11 is 0. The van der Waals surface area contributed by atoms with Crippen LogP contribution in [0.5, 0.6) is 0 Å². The molecule has 1 aliphatic rings. The number of hydrogen-bond acceptors (Lipinski definition) is 2. The first-order chi connectivity index (χ1) is 8.50. The zero-order valence-electron chi connectivity index (χ0n) is 11.9. The smallest absolute Gasteiger partial charge is 0.242 e. The fourth-order valence-electron chi connectivity index (χ4n) is 2.17. The Morgan fingerprint density at radius 2 is 1.78 bits per heavy atom. The number of likely N-dealkylation sites (tertiary alicyclic amines) is 1. The average Bonchev–Trinajstić information content (AvgIpc) is 2.34. The van der Waals surface area contributed by atoms with Crippen molar-refractivity contribution in [3.63, 3.8) is 0 Å². The summed E-state index contributed by atoms with van der Waals surface area (Å²) in [5.41, 5.74) is 0. The SMILES string of the molecule is CC(=O)N(CCC(C)C)CC(=O)N1CCCCC1. The van der Waals surface area contributed by atoms with Gasteiger partial charge in [0, 0.05) is 26.6 Å². The van der Waals surface area contributed by atoms with E-state index < -0.39 is 0 Å². The van der Waals surface area contributed by atoms with Gasteiger partial charge in [-0.3, -0.25) is 9.59 Å². The number of amides is 2. The Hall–Kier alpha value is -1.06. The van der Waals surface area contributed by atoms with Crippen LogP contribution in [-0.4, -0.2) is 47.8 Å². The Morgan fingerprint density at radius 1 is 1.17 bits per heavy atom. The molecule has 1 saturated heterocycles. The third kappa shape index (κ3) is 5.07. The van der Waals surface area contributed by atoms with Gasteiger partial charge < -0.3 is 9.80 Å². The molecule has 0 unspecified atom stereocenters. The molecule has 0 saturated carbocycles. The number of carbonyl (C=O) groups is 2. The van der Waals surface area contributed by atoms with E-state index in [1.807, 2.05) is 4.90 Å². The van der Waals surface area contributed by atoms with Crippen molar-refractivity contribution in [1.82, 2.24) is 9.80 Å².